The first-order valence-corrected chi connectivity index (χ1v) is 11.8. The predicted molar refractivity (Wildman–Crippen MR) is 132 cm³/mol. The monoisotopic (exact) mass is 483 g/mol. The molecule has 0 N–H and O–H groups in total. The maximum atomic E-state index is 13.4. The van der Waals surface area contributed by atoms with Gasteiger partial charge in [0.1, 0.15) is 27.1 Å². The van der Waals surface area contributed by atoms with Crippen molar-refractivity contribution in [2.24, 2.45) is 0 Å². The number of thioether (sulfide) groups is 1. The predicted octanol–water partition coefficient (Wildman–Crippen LogP) is 5.33. The summed E-state index contributed by atoms with van der Waals surface area (Å²) in [6.45, 7) is 4.47. The van der Waals surface area contributed by atoms with E-state index in [2.05, 4.69) is 11.9 Å². The molecule has 0 spiro atoms. The van der Waals surface area contributed by atoms with Crippen LogP contribution in [0.2, 0.25) is 0 Å². The molecule has 1 aromatic carbocycles. The van der Waals surface area contributed by atoms with Crippen molar-refractivity contribution in [2.45, 2.75) is 33.1 Å². The van der Waals surface area contributed by atoms with Crippen molar-refractivity contribution >= 4 is 45.9 Å². The Kier molecular flexibility index (Phi) is 6.90. The Bertz CT molecular complexity index is 1320. The quantitative estimate of drug-likeness (QED) is 0.257. The average Bonchev–Trinajstić information content (AvgIpc) is 3.06. The minimum Gasteiger partial charge on any atom is -0.438 e. The molecule has 0 atom stereocenters. The molecule has 0 unspecified atom stereocenters. The maximum Gasteiger partial charge on any atom is 0.269 e. The number of benzene rings is 1. The van der Waals surface area contributed by atoms with Crippen molar-refractivity contribution in [1.29, 1.82) is 0 Å². The van der Waals surface area contributed by atoms with Crippen molar-refractivity contribution in [3.63, 3.8) is 0 Å². The van der Waals surface area contributed by atoms with E-state index in [0.717, 1.165) is 36.6 Å². The van der Waals surface area contributed by atoms with E-state index in [-0.39, 0.29) is 22.9 Å². The highest BCUT2D eigenvalue weighted by Crippen LogP contribution is 2.34. The lowest BCUT2D eigenvalue weighted by Crippen LogP contribution is -2.29. The SMILES string of the molecule is CCCCCN1C(=O)/C(=C\c2c(Oc3ccc(F)cc3)nc3c(C)cccn3c2=O)SC1=S. The van der Waals surface area contributed by atoms with Crippen molar-refractivity contribution < 1.29 is 13.9 Å². The van der Waals surface area contributed by atoms with E-state index in [1.165, 1.54) is 34.7 Å². The fraction of sp³-hybridized carbons (Fsp3) is 0.250. The normalized spacial score (nSPS) is 15.1. The van der Waals surface area contributed by atoms with E-state index in [0.29, 0.717) is 27.2 Å². The van der Waals surface area contributed by atoms with Crippen LogP contribution in [0.25, 0.3) is 11.7 Å². The maximum absolute atomic E-state index is 13.4. The summed E-state index contributed by atoms with van der Waals surface area (Å²) in [6.07, 6.45) is 6.00. The lowest BCUT2D eigenvalue weighted by molar-refractivity contribution is -0.122. The number of hydrogen-bond donors (Lipinski definition) is 0. The number of ether oxygens (including phenoxy) is 1. The van der Waals surface area contributed by atoms with E-state index in [9.17, 15) is 14.0 Å². The van der Waals surface area contributed by atoms with Gasteiger partial charge in [0.25, 0.3) is 11.5 Å². The summed E-state index contributed by atoms with van der Waals surface area (Å²) >= 11 is 6.56. The number of nitrogens with zero attached hydrogens (tertiary/aromatic N) is 3. The number of fused-ring (bicyclic) bond motifs is 1. The zero-order valence-corrected chi connectivity index (χ0v) is 19.8. The van der Waals surface area contributed by atoms with Gasteiger partial charge in [0, 0.05) is 12.7 Å². The van der Waals surface area contributed by atoms with Gasteiger partial charge in [-0.2, -0.15) is 4.98 Å². The van der Waals surface area contributed by atoms with Gasteiger partial charge in [-0.25, -0.2) is 4.39 Å². The first-order chi connectivity index (χ1) is 15.9. The number of hydrogen-bond acceptors (Lipinski definition) is 6. The summed E-state index contributed by atoms with van der Waals surface area (Å²) < 4.78 is 21.1. The van der Waals surface area contributed by atoms with Crippen LogP contribution < -0.4 is 10.3 Å². The van der Waals surface area contributed by atoms with Gasteiger partial charge in [-0.05, 0) is 55.3 Å². The minimum atomic E-state index is -0.406. The molecule has 3 aromatic rings. The van der Waals surface area contributed by atoms with Crippen LogP contribution in [0.4, 0.5) is 4.39 Å². The molecule has 1 saturated heterocycles. The number of carbonyl (C=O) groups excluding carboxylic acids is 1. The van der Waals surface area contributed by atoms with Crippen LogP contribution in [0.5, 0.6) is 11.6 Å². The number of rotatable bonds is 7. The van der Waals surface area contributed by atoms with E-state index < -0.39 is 5.82 Å². The largest absolute Gasteiger partial charge is 0.438 e. The highest BCUT2D eigenvalue weighted by atomic mass is 32.2. The molecule has 0 aliphatic carbocycles. The first kappa shape index (κ1) is 23.1. The van der Waals surface area contributed by atoms with E-state index in [4.69, 9.17) is 17.0 Å². The van der Waals surface area contributed by atoms with E-state index in [1.54, 1.807) is 17.2 Å². The molecule has 0 bridgehead atoms. The van der Waals surface area contributed by atoms with Crippen LogP contribution >= 0.6 is 24.0 Å². The lowest BCUT2D eigenvalue weighted by Gasteiger charge is -2.13. The fourth-order valence-corrected chi connectivity index (χ4v) is 4.74. The molecular weight excluding hydrogens is 461 g/mol. The van der Waals surface area contributed by atoms with Crippen molar-refractivity contribution in [2.75, 3.05) is 6.54 Å². The highest BCUT2D eigenvalue weighted by Gasteiger charge is 2.32. The molecule has 0 saturated carbocycles. The average molecular weight is 484 g/mol. The standard InChI is InChI=1S/C24H22FN3O3S2/c1-3-4-5-12-28-23(30)19(33-24(28)32)14-18-21(31-17-10-8-16(25)9-11-17)26-20-15(2)7-6-13-27(20)22(18)29/h6-11,13-14H,3-5,12H2,1-2H3/b19-14+. The molecule has 6 nitrogen and oxygen atoms in total. The van der Waals surface area contributed by atoms with Gasteiger partial charge >= 0.3 is 0 Å². The Morgan fingerprint density at radius 2 is 1.94 bits per heavy atom. The molecule has 1 aliphatic rings. The Morgan fingerprint density at radius 3 is 2.67 bits per heavy atom. The molecule has 170 valence electrons. The molecule has 1 fully saturated rings. The zero-order chi connectivity index (χ0) is 23.5. The molecule has 2 aromatic heterocycles. The smallest absolute Gasteiger partial charge is 0.269 e. The Labute approximate surface area is 200 Å². The molecule has 9 heteroatoms. The van der Waals surface area contributed by atoms with Gasteiger partial charge in [0.15, 0.2) is 0 Å². The number of carbonyl (C=O) groups is 1. The molecule has 1 amide bonds. The van der Waals surface area contributed by atoms with Crippen LogP contribution in [0.1, 0.15) is 37.3 Å². The van der Waals surface area contributed by atoms with Crippen LogP contribution in [0.3, 0.4) is 0 Å². The summed E-state index contributed by atoms with van der Waals surface area (Å²) in [7, 11) is 0. The summed E-state index contributed by atoms with van der Waals surface area (Å²) in [5, 5.41) is 0. The lowest BCUT2D eigenvalue weighted by atomic mass is 10.2. The number of aromatic nitrogens is 2. The summed E-state index contributed by atoms with van der Waals surface area (Å²) in [4.78, 5) is 32.8. The third-order valence-electron chi connectivity index (χ3n) is 5.21. The van der Waals surface area contributed by atoms with Gasteiger partial charge < -0.3 is 4.74 Å². The first-order valence-electron chi connectivity index (χ1n) is 10.6. The third-order valence-corrected chi connectivity index (χ3v) is 6.59. The van der Waals surface area contributed by atoms with Crippen LogP contribution in [-0.2, 0) is 4.79 Å². The molecule has 3 heterocycles. The Morgan fingerprint density at radius 1 is 1.18 bits per heavy atom. The Balaban J connectivity index is 1.79. The van der Waals surface area contributed by atoms with Crippen molar-refractivity contribution in [1.82, 2.24) is 14.3 Å². The summed E-state index contributed by atoms with van der Waals surface area (Å²) in [6, 6.07) is 9.01. The Hall–Kier alpha value is -3.04. The van der Waals surface area contributed by atoms with Gasteiger partial charge in [0.2, 0.25) is 5.88 Å². The molecule has 1 aliphatic heterocycles. The molecule has 4 rings (SSSR count). The van der Waals surface area contributed by atoms with E-state index in [1.807, 2.05) is 13.0 Å². The van der Waals surface area contributed by atoms with Gasteiger partial charge in [-0.15, -0.1) is 0 Å². The zero-order valence-electron chi connectivity index (χ0n) is 18.2. The second-order valence-corrected chi connectivity index (χ2v) is 9.29. The van der Waals surface area contributed by atoms with Crippen LogP contribution in [0.15, 0.2) is 52.3 Å². The van der Waals surface area contributed by atoms with Crippen LogP contribution in [0, 0.1) is 12.7 Å². The number of aryl methyl sites for hydroxylation is 1. The molecule has 0 radical (unpaired) electrons. The van der Waals surface area contributed by atoms with Gasteiger partial charge in [0.05, 0.1) is 4.91 Å². The summed E-state index contributed by atoms with van der Waals surface area (Å²) in [5.74, 6) is -0.278. The van der Waals surface area contributed by atoms with Crippen molar-refractivity contribution in [3.8, 4) is 11.6 Å². The van der Waals surface area contributed by atoms with Crippen LogP contribution in [-0.4, -0.2) is 31.1 Å². The number of unbranched alkanes of at least 4 members (excludes halogenated alkanes) is 2. The third kappa shape index (κ3) is 4.84. The highest BCUT2D eigenvalue weighted by molar-refractivity contribution is 8.26. The number of amides is 1. The molecule has 33 heavy (non-hydrogen) atoms. The van der Waals surface area contributed by atoms with Crippen molar-refractivity contribution in [3.05, 3.63) is 74.8 Å². The fourth-order valence-electron chi connectivity index (χ4n) is 3.45. The summed E-state index contributed by atoms with van der Waals surface area (Å²) in [5.41, 5.74) is 0.963. The number of halogens is 1. The van der Waals surface area contributed by atoms with E-state index >= 15 is 0 Å². The van der Waals surface area contributed by atoms with Gasteiger partial charge in [-0.1, -0.05) is 49.8 Å². The molecular formula is C24H22FN3O3S2. The topological polar surface area (TPSA) is 63.9 Å². The second-order valence-electron chi connectivity index (χ2n) is 7.62. The minimum absolute atomic E-state index is 0.0390. The number of pyridine rings is 1. The number of thiocarbonyl (C=S) groups is 1. The second kappa shape index (κ2) is 9.84. The van der Waals surface area contributed by atoms with Gasteiger partial charge in [-0.3, -0.25) is 18.9 Å².